The van der Waals surface area contributed by atoms with E-state index in [2.05, 4.69) is 25.9 Å². The van der Waals surface area contributed by atoms with Crippen molar-refractivity contribution >= 4 is 27.5 Å². The number of rotatable bonds is 2. The number of aromatic nitrogens is 3. The van der Waals surface area contributed by atoms with Crippen molar-refractivity contribution in [1.29, 1.82) is 0 Å². The summed E-state index contributed by atoms with van der Waals surface area (Å²) in [4.78, 5) is 19.1. The number of benzene rings is 1. The van der Waals surface area contributed by atoms with Gasteiger partial charge in [-0.25, -0.2) is 19.2 Å². The molecular weight excluding hydrogens is 329 g/mol. The molecule has 20 heavy (non-hydrogen) atoms. The number of fused-ring (bicyclic) bond motifs is 1. The molecule has 0 unspecified atom stereocenters. The van der Waals surface area contributed by atoms with Crippen LogP contribution in [0.1, 0.15) is 10.5 Å². The summed E-state index contributed by atoms with van der Waals surface area (Å²) in [6.07, 6.45) is 4.67. The van der Waals surface area contributed by atoms with E-state index in [9.17, 15) is 9.18 Å². The molecule has 3 rings (SSSR count). The first-order valence-electron chi connectivity index (χ1n) is 5.58. The molecule has 0 aliphatic heterocycles. The fraction of sp³-hybridized carbons (Fsp3) is 0. The Morgan fingerprint density at radius 3 is 2.90 bits per heavy atom. The van der Waals surface area contributed by atoms with Crippen LogP contribution in [-0.2, 0) is 0 Å². The lowest BCUT2D eigenvalue weighted by Crippen LogP contribution is -2.03. The first-order valence-corrected chi connectivity index (χ1v) is 6.38. The number of imidazole rings is 1. The maximum Gasteiger partial charge on any atom is 0.358 e. The average molecular weight is 336 g/mol. The standard InChI is InChI=1S/C13H7BrFN3O2/c14-8-5-7(1-2-9(8)15)10-6-18-4-3-16-11(13(19)20)12(18)17-10/h1-6H,(H,19,20). The number of aromatic carboxylic acids is 1. The molecule has 2 aromatic heterocycles. The van der Waals surface area contributed by atoms with Crippen molar-refractivity contribution in [3.8, 4) is 11.3 Å². The Balaban J connectivity index is 2.20. The van der Waals surface area contributed by atoms with E-state index in [0.29, 0.717) is 15.7 Å². The first-order chi connectivity index (χ1) is 9.56. The highest BCUT2D eigenvalue weighted by Gasteiger charge is 2.14. The minimum Gasteiger partial charge on any atom is -0.476 e. The van der Waals surface area contributed by atoms with E-state index in [-0.39, 0.29) is 17.2 Å². The number of hydrogen-bond donors (Lipinski definition) is 1. The summed E-state index contributed by atoms with van der Waals surface area (Å²) in [5.74, 6) is -1.52. The normalized spacial score (nSPS) is 10.9. The van der Waals surface area contributed by atoms with Gasteiger partial charge in [0, 0.05) is 24.2 Å². The molecule has 1 aromatic carbocycles. The Morgan fingerprint density at radius 1 is 1.40 bits per heavy atom. The van der Waals surface area contributed by atoms with Crippen molar-refractivity contribution in [1.82, 2.24) is 14.4 Å². The lowest BCUT2D eigenvalue weighted by atomic mass is 10.2. The van der Waals surface area contributed by atoms with Crippen molar-refractivity contribution in [2.75, 3.05) is 0 Å². The zero-order valence-electron chi connectivity index (χ0n) is 9.92. The molecule has 0 atom stereocenters. The Labute approximate surface area is 120 Å². The molecule has 100 valence electrons. The molecule has 3 aromatic rings. The molecule has 5 nitrogen and oxygen atoms in total. The van der Waals surface area contributed by atoms with Crippen molar-refractivity contribution in [2.45, 2.75) is 0 Å². The van der Waals surface area contributed by atoms with Gasteiger partial charge in [-0.3, -0.25) is 0 Å². The summed E-state index contributed by atoms with van der Waals surface area (Å²) < 4.78 is 15.1. The second-order valence-corrected chi connectivity index (χ2v) is 4.92. The molecule has 0 saturated carbocycles. The smallest absolute Gasteiger partial charge is 0.358 e. The monoisotopic (exact) mass is 335 g/mol. The summed E-state index contributed by atoms with van der Waals surface area (Å²) in [5.41, 5.74) is 1.34. The van der Waals surface area contributed by atoms with E-state index >= 15 is 0 Å². The van der Waals surface area contributed by atoms with Gasteiger partial charge in [0.05, 0.1) is 10.2 Å². The number of hydrogen-bond acceptors (Lipinski definition) is 3. The van der Waals surface area contributed by atoms with Crippen LogP contribution in [0.25, 0.3) is 16.9 Å². The van der Waals surface area contributed by atoms with Gasteiger partial charge in [0.2, 0.25) is 0 Å². The number of carboxylic acids is 1. The van der Waals surface area contributed by atoms with Crippen LogP contribution >= 0.6 is 15.9 Å². The quantitative estimate of drug-likeness (QED) is 0.781. The molecule has 0 saturated heterocycles. The van der Waals surface area contributed by atoms with Crippen LogP contribution < -0.4 is 0 Å². The zero-order valence-corrected chi connectivity index (χ0v) is 11.5. The number of carbonyl (C=O) groups is 1. The van der Waals surface area contributed by atoms with Gasteiger partial charge >= 0.3 is 5.97 Å². The fourth-order valence-corrected chi connectivity index (χ4v) is 2.24. The molecule has 0 aliphatic rings. The van der Waals surface area contributed by atoms with Crippen LogP contribution in [0.2, 0.25) is 0 Å². The lowest BCUT2D eigenvalue weighted by molar-refractivity contribution is 0.0692. The zero-order chi connectivity index (χ0) is 14.3. The van der Waals surface area contributed by atoms with Crippen LogP contribution in [0.15, 0.2) is 41.3 Å². The molecule has 0 fully saturated rings. The highest BCUT2D eigenvalue weighted by atomic mass is 79.9. The molecule has 2 heterocycles. The third-order valence-corrected chi connectivity index (χ3v) is 3.40. The third kappa shape index (κ3) is 2.05. The topological polar surface area (TPSA) is 67.5 Å². The van der Waals surface area contributed by atoms with Crippen LogP contribution in [0.4, 0.5) is 4.39 Å². The van der Waals surface area contributed by atoms with Crippen LogP contribution in [0.3, 0.4) is 0 Å². The Kier molecular flexibility index (Phi) is 2.98. The lowest BCUT2D eigenvalue weighted by Gasteiger charge is -1.98. The van der Waals surface area contributed by atoms with Crippen LogP contribution in [0, 0.1) is 5.82 Å². The molecule has 0 spiro atoms. The van der Waals surface area contributed by atoms with Gasteiger partial charge in [-0.05, 0) is 34.1 Å². The summed E-state index contributed by atoms with van der Waals surface area (Å²) in [6, 6.07) is 4.49. The second-order valence-electron chi connectivity index (χ2n) is 4.07. The van der Waals surface area contributed by atoms with Crippen molar-refractivity contribution in [3.05, 3.63) is 52.8 Å². The van der Waals surface area contributed by atoms with Crippen molar-refractivity contribution in [3.63, 3.8) is 0 Å². The molecule has 0 amide bonds. The maximum atomic E-state index is 13.2. The van der Waals surface area contributed by atoms with Gasteiger partial charge in [-0.2, -0.15) is 0 Å². The van der Waals surface area contributed by atoms with Gasteiger partial charge in [-0.1, -0.05) is 0 Å². The third-order valence-electron chi connectivity index (χ3n) is 2.79. The highest BCUT2D eigenvalue weighted by molar-refractivity contribution is 9.10. The largest absolute Gasteiger partial charge is 0.476 e. The number of halogens is 2. The van der Waals surface area contributed by atoms with Gasteiger partial charge in [0.1, 0.15) is 5.82 Å². The fourth-order valence-electron chi connectivity index (χ4n) is 1.87. The summed E-state index contributed by atoms with van der Waals surface area (Å²) in [5, 5.41) is 9.07. The molecule has 0 aliphatic carbocycles. The van der Waals surface area contributed by atoms with Crippen molar-refractivity contribution < 1.29 is 14.3 Å². The van der Waals surface area contributed by atoms with E-state index in [1.807, 2.05) is 0 Å². The van der Waals surface area contributed by atoms with Gasteiger partial charge in [0.15, 0.2) is 11.3 Å². The second kappa shape index (κ2) is 4.68. The highest BCUT2D eigenvalue weighted by Crippen LogP contribution is 2.25. The van der Waals surface area contributed by atoms with Gasteiger partial charge in [0.25, 0.3) is 0 Å². The van der Waals surface area contributed by atoms with Gasteiger partial charge in [-0.15, -0.1) is 0 Å². The van der Waals surface area contributed by atoms with Crippen molar-refractivity contribution in [2.24, 2.45) is 0 Å². The SMILES string of the molecule is O=C(O)c1nccn2cc(-c3ccc(F)c(Br)c3)nc12. The minimum absolute atomic E-state index is 0.125. The van der Waals surface area contributed by atoms with Crippen LogP contribution in [0.5, 0.6) is 0 Å². The summed E-state index contributed by atoms with van der Waals surface area (Å²) >= 11 is 3.11. The Bertz CT molecular complexity index is 832. The Morgan fingerprint density at radius 2 is 2.20 bits per heavy atom. The maximum absolute atomic E-state index is 13.2. The Hall–Kier alpha value is -2.28. The average Bonchev–Trinajstić information content (AvgIpc) is 2.85. The molecular formula is C13H7BrFN3O2. The predicted molar refractivity (Wildman–Crippen MR) is 73.0 cm³/mol. The van der Waals surface area contributed by atoms with E-state index in [1.54, 1.807) is 28.9 Å². The van der Waals surface area contributed by atoms with E-state index in [1.165, 1.54) is 12.3 Å². The van der Waals surface area contributed by atoms with Gasteiger partial charge < -0.3 is 9.51 Å². The molecule has 1 N–H and O–H groups in total. The first kappa shape index (κ1) is 12.7. The van der Waals surface area contributed by atoms with E-state index in [4.69, 9.17) is 5.11 Å². The van der Waals surface area contributed by atoms with Crippen LogP contribution in [-0.4, -0.2) is 25.4 Å². The summed E-state index contributed by atoms with van der Waals surface area (Å²) in [7, 11) is 0. The predicted octanol–water partition coefficient (Wildman–Crippen LogP) is 3.00. The molecule has 0 radical (unpaired) electrons. The minimum atomic E-state index is -1.15. The molecule has 0 bridgehead atoms. The number of carboxylic acid groups (broad SMARTS) is 1. The summed E-state index contributed by atoms with van der Waals surface area (Å²) in [6.45, 7) is 0. The van der Waals surface area contributed by atoms with E-state index in [0.717, 1.165) is 0 Å². The van der Waals surface area contributed by atoms with E-state index < -0.39 is 5.97 Å². The number of nitrogens with zero attached hydrogens (tertiary/aromatic N) is 3. The molecule has 7 heteroatoms.